The number of nitrogens with zero attached hydrogens (tertiary/aromatic N) is 3. The van der Waals surface area contributed by atoms with E-state index in [1.165, 1.54) is 5.56 Å². The van der Waals surface area contributed by atoms with Gasteiger partial charge >= 0.3 is 0 Å². The summed E-state index contributed by atoms with van der Waals surface area (Å²) in [5.41, 5.74) is 4.82. The number of anilines is 2. The number of amides is 2. The van der Waals surface area contributed by atoms with Gasteiger partial charge in [0.1, 0.15) is 0 Å². The topological polar surface area (TPSA) is 67.2 Å². The van der Waals surface area contributed by atoms with Gasteiger partial charge in [-0.05, 0) is 82.0 Å². The molecule has 1 aromatic heterocycles. The Morgan fingerprint density at radius 2 is 1.75 bits per heavy atom. The molecular formula is C26H28N4O2. The van der Waals surface area contributed by atoms with Crippen LogP contribution >= 0.6 is 0 Å². The van der Waals surface area contributed by atoms with Crippen molar-refractivity contribution in [3.05, 3.63) is 77.1 Å². The number of nitrogens with one attached hydrogen (secondary N) is 1. The Labute approximate surface area is 188 Å². The minimum absolute atomic E-state index is 0.0224. The number of benzene rings is 2. The SMILES string of the molecule is CC(C)(C)n1nc(C(=O)Nc2ccc(C(=O)N3CCc4ccccc43)cc2)cc1C1CC1. The maximum atomic E-state index is 13.0. The van der Waals surface area contributed by atoms with Crippen LogP contribution in [0.2, 0.25) is 0 Å². The molecule has 0 atom stereocenters. The number of rotatable bonds is 4. The van der Waals surface area contributed by atoms with Gasteiger partial charge in [0.05, 0.1) is 5.54 Å². The molecule has 1 aliphatic heterocycles. The van der Waals surface area contributed by atoms with Gasteiger partial charge in [-0.3, -0.25) is 14.3 Å². The summed E-state index contributed by atoms with van der Waals surface area (Å²) in [7, 11) is 0. The maximum Gasteiger partial charge on any atom is 0.276 e. The summed E-state index contributed by atoms with van der Waals surface area (Å²) in [5, 5.41) is 7.52. The third kappa shape index (κ3) is 3.81. The lowest BCUT2D eigenvalue weighted by Gasteiger charge is -2.22. The third-order valence-corrected chi connectivity index (χ3v) is 6.12. The van der Waals surface area contributed by atoms with E-state index in [1.807, 2.05) is 33.8 Å². The van der Waals surface area contributed by atoms with Gasteiger partial charge in [0.15, 0.2) is 5.69 Å². The molecule has 3 aromatic rings. The molecule has 2 aliphatic rings. The lowest BCUT2D eigenvalue weighted by Crippen LogP contribution is -2.28. The molecule has 0 saturated heterocycles. The van der Waals surface area contributed by atoms with Crippen molar-refractivity contribution < 1.29 is 9.59 Å². The minimum atomic E-state index is -0.234. The Morgan fingerprint density at radius 1 is 1.03 bits per heavy atom. The van der Waals surface area contributed by atoms with Crippen molar-refractivity contribution >= 4 is 23.2 Å². The highest BCUT2D eigenvalue weighted by Crippen LogP contribution is 2.41. The number of fused-ring (bicyclic) bond motifs is 1. The van der Waals surface area contributed by atoms with Gasteiger partial charge in [-0.15, -0.1) is 0 Å². The molecule has 5 rings (SSSR count). The van der Waals surface area contributed by atoms with E-state index in [-0.39, 0.29) is 17.4 Å². The zero-order chi connectivity index (χ0) is 22.5. The van der Waals surface area contributed by atoms with Crippen molar-refractivity contribution in [2.24, 2.45) is 0 Å². The second-order valence-electron chi connectivity index (χ2n) is 9.68. The van der Waals surface area contributed by atoms with Gasteiger partial charge < -0.3 is 10.2 Å². The number of carbonyl (C=O) groups excluding carboxylic acids is 2. The predicted molar refractivity (Wildman–Crippen MR) is 125 cm³/mol. The molecule has 2 aromatic carbocycles. The van der Waals surface area contributed by atoms with Gasteiger partial charge in [0, 0.05) is 35.1 Å². The number of hydrogen-bond donors (Lipinski definition) is 1. The van der Waals surface area contributed by atoms with E-state index >= 15 is 0 Å². The summed E-state index contributed by atoms with van der Waals surface area (Å²) in [6, 6.07) is 17.0. The molecule has 1 fully saturated rings. The first-order valence-corrected chi connectivity index (χ1v) is 11.2. The Kier molecular flexibility index (Phi) is 4.88. The van der Waals surface area contributed by atoms with Crippen LogP contribution in [-0.4, -0.2) is 28.1 Å². The molecule has 2 heterocycles. The van der Waals surface area contributed by atoms with Crippen LogP contribution in [-0.2, 0) is 12.0 Å². The van der Waals surface area contributed by atoms with Crippen molar-refractivity contribution in [2.75, 3.05) is 16.8 Å². The Hall–Kier alpha value is -3.41. The van der Waals surface area contributed by atoms with E-state index < -0.39 is 0 Å². The van der Waals surface area contributed by atoms with Crippen molar-refractivity contribution in [3.63, 3.8) is 0 Å². The fraction of sp³-hybridized carbons (Fsp3) is 0.346. The zero-order valence-electron chi connectivity index (χ0n) is 18.8. The van der Waals surface area contributed by atoms with E-state index in [4.69, 9.17) is 0 Å². The van der Waals surface area contributed by atoms with Gasteiger partial charge in [0.2, 0.25) is 0 Å². The summed E-state index contributed by atoms with van der Waals surface area (Å²) in [6.45, 7) is 6.99. The normalized spacial score (nSPS) is 15.5. The molecule has 0 spiro atoms. The van der Waals surface area contributed by atoms with Crippen LogP contribution in [0.25, 0.3) is 0 Å². The smallest absolute Gasteiger partial charge is 0.276 e. The van der Waals surface area contributed by atoms with Crippen LogP contribution in [0.4, 0.5) is 11.4 Å². The highest BCUT2D eigenvalue weighted by molar-refractivity contribution is 6.08. The number of carbonyl (C=O) groups is 2. The van der Waals surface area contributed by atoms with Crippen LogP contribution in [0, 0.1) is 0 Å². The summed E-state index contributed by atoms with van der Waals surface area (Å²) in [4.78, 5) is 27.7. The molecule has 1 N–H and O–H groups in total. The summed E-state index contributed by atoms with van der Waals surface area (Å²) < 4.78 is 1.98. The largest absolute Gasteiger partial charge is 0.321 e. The molecule has 2 amide bonds. The van der Waals surface area contributed by atoms with Crippen LogP contribution in [0.15, 0.2) is 54.6 Å². The lowest BCUT2D eigenvalue weighted by molar-refractivity contribution is 0.0987. The highest BCUT2D eigenvalue weighted by atomic mass is 16.2. The molecule has 32 heavy (non-hydrogen) atoms. The van der Waals surface area contributed by atoms with E-state index in [2.05, 4.69) is 37.3 Å². The van der Waals surface area contributed by atoms with Crippen molar-refractivity contribution in [3.8, 4) is 0 Å². The monoisotopic (exact) mass is 428 g/mol. The number of aromatic nitrogens is 2. The van der Waals surface area contributed by atoms with Crippen LogP contribution in [0.5, 0.6) is 0 Å². The molecule has 164 valence electrons. The van der Waals surface area contributed by atoms with Gasteiger partial charge in [0.25, 0.3) is 11.8 Å². The average molecular weight is 429 g/mol. The Morgan fingerprint density at radius 3 is 2.44 bits per heavy atom. The molecule has 0 bridgehead atoms. The van der Waals surface area contributed by atoms with Gasteiger partial charge in [-0.1, -0.05) is 18.2 Å². The molecule has 1 saturated carbocycles. The van der Waals surface area contributed by atoms with Crippen molar-refractivity contribution in [2.45, 2.75) is 51.5 Å². The van der Waals surface area contributed by atoms with Gasteiger partial charge in [-0.2, -0.15) is 5.10 Å². The molecular weight excluding hydrogens is 400 g/mol. The Balaban J connectivity index is 1.30. The van der Waals surface area contributed by atoms with E-state index in [9.17, 15) is 9.59 Å². The summed E-state index contributed by atoms with van der Waals surface area (Å²) >= 11 is 0. The van der Waals surface area contributed by atoms with Crippen LogP contribution in [0.1, 0.15) is 71.6 Å². The van der Waals surface area contributed by atoms with E-state index in [0.717, 1.165) is 30.6 Å². The quantitative estimate of drug-likeness (QED) is 0.638. The predicted octanol–water partition coefficient (Wildman–Crippen LogP) is 4.97. The van der Waals surface area contributed by atoms with Crippen LogP contribution in [0.3, 0.4) is 0 Å². The molecule has 0 radical (unpaired) electrons. The molecule has 6 heteroatoms. The van der Waals surface area contributed by atoms with E-state index in [0.29, 0.717) is 29.4 Å². The molecule has 6 nitrogen and oxygen atoms in total. The number of para-hydroxylation sites is 1. The minimum Gasteiger partial charge on any atom is -0.321 e. The van der Waals surface area contributed by atoms with Gasteiger partial charge in [-0.25, -0.2) is 0 Å². The molecule has 0 unspecified atom stereocenters. The zero-order valence-corrected chi connectivity index (χ0v) is 18.8. The highest BCUT2D eigenvalue weighted by Gasteiger charge is 2.32. The number of hydrogen-bond acceptors (Lipinski definition) is 3. The Bertz CT molecular complexity index is 1180. The third-order valence-electron chi connectivity index (χ3n) is 6.12. The first kappa shape index (κ1) is 20.5. The molecule has 1 aliphatic carbocycles. The maximum absolute atomic E-state index is 13.0. The van der Waals surface area contributed by atoms with Crippen molar-refractivity contribution in [1.82, 2.24) is 9.78 Å². The summed E-state index contributed by atoms with van der Waals surface area (Å²) in [6.07, 6.45) is 3.18. The summed E-state index contributed by atoms with van der Waals surface area (Å²) in [5.74, 6) is 0.248. The fourth-order valence-corrected chi connectivity index (χ4v) is 4.31. The van der Waals surface area contributed by atoms with E-state index in [1.54, 1.807) is 24.3 Å². The second-order valence-corrected chi connectivity index (χ2v) is 9.68. The fourth-order valence-electron chi connectivity index (χ4n) is 4.31. The lowest BCUT2D eigenvalue weighted by atomic mass is 10.1. The average Bonchev–Trinajstić information content (AvgIpc) is 3.35. The first-order valence-electron chi connectivity index (χ1n) is 11.2. The van der Waals surface area contributed by atoms with Crippen molar-refractivity contribution in [1.29, 1.82) is 0 Å². The van der Waals surface area contributed by atoms with Crippen LogP contribution < -0.4 is 10.2 Å². The second kappa shape index (κ2) is 7.62. The first-order chi connectivity index (χ1) is 15.3. The standard InChI is InChI=1S/C26H28N4O2/c1-26(2,3)30-23(18-8-9-18)16-21(28-30)24(31)27-20-12-10-19(11-13-20)25(32)29-15-14-17-6-4-5-7-22(17)29/h4-7,10-13,16,18H,8-9,14-15H2,1-3H3,(H,27,31).